The van der Waals surface area contributed by atoms with Crippen LogP contribution in [0.15, 0.2) is 0 Å². The molecule has 1 fully saturated rings. The predicted molar refractivity (Wildman–Crippen MR) is 46.7 cm³/mol. The summed E-state index contributed by atoms with van der Waals surface area (Å²) in [6.45, 7) is 5.20. The summed E-state index contributed by atoms with van der Waals surface area (Å²) >= 11 is 0. The quantitative estimate of drug-likeness (QED) is 0.662. The fourth-order valence-electron chi connectivity index (χ4n) is 1.43. The molecule has 1 amide bonds. The van der Waals surface area contributed by atoms with Crippen molar-refractivity contribution in [2.75, 3.05) is 13.1 Å². The van der Waals surface area contributed by atoms with E-state index in [1.165, 1.54) is 0 Å². The van der Waals surface area contributed by atoms with E-state index in [1.807, 2.05) is 13.8 Å². The Labute approximate surface area is 73.4 Å². The van der Waals surface area contributed by atoms with Gasteiger partial charge in [0.15, 0.2) is 0 Å². The Kier molecular flexibility index (Phi) is 3.09. The van der Waals surface area contributed by atoms with Gasteiger partial charge in [-0.15, -0.1) is 0 Å². The second-order valence-electron chi connectivity index (χ2n) is 3.54. The third-order valence-electron chi connectivity index (χ3n) is 2.51. The van der Waals surface area contributed by atoms with Crippen molar-refractivity contribution in [2.24, 2.45) is 5.92 Å². The molecule has 1 saturated heterocycles. The number of amides is 1. The number of hydrogen-bond acceptors (Lipinski definition) is 2. The average molecular weight is 171 g/mol. The molecule has 1 aliphatic rings. The highest BCUT2D eigenvalue weighted by Gasteiger charge is 2.26. The number of aliphatic hydroxyl groups is 1. The first-order chi connectivity index (χ1) is 5.65. The van der Waals surface area contributed by atoms with Crippen LogP contribution < -0.4 is 0 Å². The molecule has 2 atom stereocenters. The minimum absolute atomic E-state index is 0.107. The number of aliphatic hydroxyl groups excluding tert-OH is 1. The number of carbonyl (C=O) groups is 1. The third kappa shape index (κ3) is 1.97. The van der Waals surface area contributed by atoms with Gasteiger partial charge in [-0.05, 0) is 12.8 Å². The van der Waals surface area contributed by atoms with Crippen molar-refractivity contribution in [2.45, 2.75) is 32.8 Å². The molecule has 0 aromatic carbocycles. The van der Waals surface area contributed by atoms with E-state index < -0.39 is 0 Å². The molecule has 0 radical (unpaired) electrons. The zero-order valence-corrected chi connectivity index (χ0v) is 7.79. The number of nitrogens with zero attached hydrogens (tertiary/aromatic N) is 1. The lowest BCUT2D eigenvalue weighted by Crippen LogP contribution is -2.33. The van der Waals surface area contributed by atoms with Crippen LogP contribution in [-0.2, 0) is 4.79 Å². The van der Waals surface area contributed by atoms with Gasteiger partial charge in [-0.3, -0.25) is 4.79 Å². The summed E-state index contributed by atoms with van der Waals surface area (Å²) in [5.74, 6) is 0.296. The SMILES string of the molecule is CCC(C)C(=O)N1CC[C@H](O)C1. The summed E-state index contributed by atoms with van der Waals surface area (Å²) in [5.41, 5.74) is 0. The summed E-state index contributed by atoms with van der Waals surface area (Å²) in [7, 11) is 0. The minimum Gasteiger partial charge on any atom is -0.391 e. The van der Waals surface area contributed by atoms with Crippen LogP contribution in [0.2, 0.25) is 0 Å². The van der Waals surface area contributed by atoms with E-state index >= 15 is 0 Å². The van der Waals surface area contributed by atoms with E-state index in [0.29, 0.717) is 6.54 Å². The summed E-state index contributed by atoms with van der Waals surface area (Å²) < 4.78 is 0. The Morgan fingerprint density at radius 1 is 1.75 bits per heavy atom. The van der Waals surface area contributed by atoms with Gasteiger partial charge in [0.25, 0.3) is 0 Å². The van der Waals surface area contributed by atoms with E-state index in [-0.39, 0.29) is 17.9 Å². The van der Waals surface area contributed by atoms with Gasteiger partial charge in [-0.2, -0.15) is 0 Å². The second-order valence-corrected chi connectivity index (χ2v) is 3.54. The number of hydrogen-bond donors (Lipinski definition) is 1. The summed E-state index contributed by atoms with van der Waals surface area (Å²) in [6.07, 6.45) is 1.33. The lowest BCUT2D eigenvalue weighted by Gasteiger charge is -2.19. The van der Waals surface area contributed by atoms with E-state index in [1.54, 1.807) is 4.90 Å². The largest absolute Gasteiger partial charge is 0.391 e. The monoisotopic (exact) mass is 171 g/mol. The molecule has 3 nitrogen and oxygen atoms in total. The molecule has 0 saturated carbocycles. The Balaban J connectivity index is 2.43. The Morgan fingerprint density at radius 2 is 2.42 bits per heavy atom. The average Bonchev–Trinajstić information content (AvgIpc) is 2.49. The second kappa shape index (κ2) is 3.90. The molecule has 1 rings (SSSR count). The van der Waals surface area contributed by atoms with Crippen molar-refractivity contribution in [3.63, 3.8) is 0 Å². The Morgan fingerprint density at radius 3 is 2.83 bits per heavy atom. The van der Waals surface area contributed by atoms with Crippen molar-refractivity contribution in [3.05, 3.63) is 0 Å². The molecule has 0 aliphatic carbocycles. The molecule has 0 aromatic heterocycles. The van der Waals surface area contributed by atoms with Crippen molar-refractivity contribution in [1.29, 1.82) is 0 Å². The number of carbonyl (C=O) groups excluding carboxylic acids is 1. The fourth-order valence-corrected chi connectivity index (χ4v) is 1.43. The maximum Gasteiger partial charge on any atom is 0.225 e. The van der Waals surface area contributed by atoms with Gasteiger partial charge in [0.05, 0.1) is 6.10 Å². The fraction of sp³-hybridized carbons (Fsp3) is 0.889. The zero-order valence-electron chi connectivity index (χ0n) is 7.79. The highest BCUT2D eigenvalue weighted by atomic mass is 16.3. The van der Waals surface area contributed by atoms with Gasteiger partial charge < -0.3 is 10.0 Å². The Hall–Kier alpha value is -0.570. The molecule has 0 bridgehead atoms. The van der Waals surface area contributed by atoms with Crippen LogP contribution in [0.4, 0.5) is 0 Å². The van der Waals surface area contributed by atoms with Crippen LogP contribution in [0.1, 0.15) is 26.7 Å². The Bertz CT molecular complexity index is 170. The highest BCUT2D eigenvalue weighted by Crippen LogP contribution is 2.14. The van der Waals surface area contributed by atoms with Gasteiger partial charge in [0.1, 0.15) is 0 Å². The van der Waals surface area contributed by atoms with Crippen LogP contribution in [0.3, 0.4) is 0 Å². The molecular weight excluding hydrogens is 154 g/mol. The van der Waals surface area contributed by atoms with Gasteiger partial charge in [-0.1, -0.05) is 13.8 Å². The molecule has 0 aromatic rings. The zero-order chi connectivity index (χ0) is 9.14. The molecule has 1 aliphatic heterocycles. The third-order valence-corrected chi connectivity index (χ3v) is 2.51. The molecule has 0 spiro atoms. The molecule has 1 N–H and O–H groups in total. The topological polar surface area (TPSA) is 40.5 Å². The molecule has 12 heavy (non-hydrogen) atoms. The highest BCUT2D eigenvalue weighted by molar-refractivity contribution is 5.78. The van der Waals surface area contributed by atoms with Crippen LogP contribution in [0, 0.1) is 5.92 Å². The van der Waals surface area contributed by atoms with Crippen molar-refractivity contribution >= 4 is 5.91 Å². The van der Waals surface area contributed by atoms with Crippen molar-refractivity contribution in [3.8, 4) is 0 Å². The van der Waals surface area contributed by atoms with Crippen LogP contribution in [-0.4, -0.2) is 35.1 Å². The number of likely N-dealkylation sites (tertiary alicyclic amines) is 1. The van der Waals surface area contributed by atoms with E-state index in [9.17, 15) is 9.90 Å². The number of rotatable bonds is 2. The lowest BCUT2D eigenvalue weighted by atomic mass is 10.1. The number of β-amino-alcohol motifs (C(OH)–C–C–N with tert-alkyl or cyclic N) is 1. The van der Waals surface area contributed by atoms with Gasteiger partial charge in [0.2, 0.25) is 5.91 Å². The summed E-state index contributed by atoms with van der Waals surface area (Å²) in [4.78, 5) is 13.3. The predicted octanol–water partition coefficient (Wildman–Crippen LogP) is 0.626. The van der Waals surface area contributed by atoms with Gasteiger partial charge in [0, 0.05) is 19.0 Å². The van der Waals surface area contributed by atoms with Crippen LogP contribution >= 0.6 is 0 Å². The first kappa shape index (κ1) is 9.52. The first-order valence-electron chi connectivity index (χ1n) is 4.62. The van der Waals surface area contributed by atoms with Gasteiger partial charge in [-0.25, -0.2) is 0 Å². The normalized spacial score (nSPS) is 25.9. The standard InChI is InChI=1S/C9H17NO2/c1-3-7(2)9(12)10-5-4-8(11)6-10/h7-8,11H,3-6H2,1-2H3/t7?,8-/m0/s1. The molecular formula is C9H17NO2. The van der Waals surface area contributed by atoms with E-state index in [0.717, 1.165) is 19.4 Å². The van der Waals surface area contributed by atoms with Gasteiger partial charge >= 0.3 is 0 Å². The van der Waals surface area contributed by atoms with Crippen LogP contribution in [0.25, 0.3) is 0 Å². The maximum atomic E-state index is 11.5. The molecule has 3 heteroatoms. The van der Waals surface area contributed by atoms with Crippen LogP contribution in [0.5, 0.6) is 0 Å². The minimum atomic E-state index is -0.294. The van der Waals surface area contributed by atoms with E-state index in [4.69, 9.17) is 0 Å². The molecule has 1 unspecified atom stereocenters. The maximum absolute atomic E-state index is 11.5. The lowest BCUT2D eigenvalue weighted by molar-refractivity contribution is -0.134. The molecule has 70 valence electrons. The summed E-state index contributed by atoms with van der Waals surface area (Å²) in [6, 6.07) is 0. The van der Waals surface area contributed by atoms with E-state index in [2.05, 4.69) is 0 Å². The molecule has 1 heterocycles. The van der Waals surface area contributed by atoms with Crippen molar-refractivity contribution in [1.82, 2.24) is 4.90 Å². The smallest absolute Gasteiger partial charge is 0.225 e. The van der Waals surface area contributed by atoms with Crippen molar-refractivity contribution < 1.29 is 9.90 Å². The first-order valence-corrected chi connectivity index (χ1v) is 4.62. The summed E-state index contributed by atoms with van der Waals surface area (Å²) in [5, 5.41) is 9.21.